The van der Waals surface area contributed by atoms with E-state index < -0.39 is 19.8 Å². The zero-order chi connectivity index (χ0) is 27.0. The van der Waals surface area contributed by atoms with Crippen molar-refractivity contribution in [2.45, 2.75) is 31.8 Å². The molecule has 2 aromatic heterocycles. The number of nitrogen functional groups attached to an aromatic ring is 1. The van der Waals surface area contributed by atoms with Gasteiger partial charge in [0.2, 0.25) is 11.8 Å². The van der Waals surface area contributed by atoms with Gasteiger partial charge in [-0.15, -0.1) is 0 Å². The molecule has 0 radical (unpaired) electrons. The molecule has 0 amide bonds. The van der Waals surface area contributed by atoms with E-state index in [1.807, 2.05) is 34.9 Å². The molecule has 0 saturated heterocycles. The molecule has 2 aromatic carbocycles. The SMILES string of the molecule is COc1nc(N)nc2c1ncn2[C@H]1C[C@@H](COP(=O)(Oc2cccc3ccccc23)N(C)C(C)C(=O)O)C1. The number of likely N-dealkylation sites (N-methyl/N-ethyl adjacent to an activating group) is 1. The number of methoxy groups -OCH3 is 1. The largest absolute Gasteiger partial charge is 0.480 e. The van der Waals surface area contributed by atoms with E-state index in [-0.39, 0.29) is 24.5 Å². The molecule has 2 atom stereocenters. The monoisotopic (exact) mass is 540 g/mol. The number of carboxylic acids is 1. The van der Waals surface area contributed by atoms with Gasteiger partial charge in [-0.05, 0) is 44.2 Å². The van der Waals surface area contributed by atoms with Crippen LogP contribution in [0.3, 0.4) is 0 Å². The van der Waals surface area contributed by atoms with Crippen LogP contribution in [0.1, 0.15) is 25.8 Å². The van der Waals surface area contributed by atoms with E-state index in [4.69, 9.17) is 19.5 Å². The number of aromatic nitrogens is 4. The first-order valence-electron chi connectivity index (χ1n) is 12.1. The third-order valence-electron chi connectivity index (χ3n) is 6.95. The highest BCUT2D eigenvalue weighted by Gasteiger charge is 2.41. The first kappa shape index (κ1) is 25.9. The lowest BCUT2D eigenvalue weighted by molar-refractivity contribution is -0.140. The van der Waals surface area contributed by atoms with Gasteiger partial charge in [0.25, 0.3) is 0 Å². The summed E-state index contributed by atoms with van der Waals surface area (Å²) in [6.45, 7) is 1.57. The predicted octanol–water partition coefficient (Wildman–Crippen LogP) is 4.13. The Labute approximate surface area is 218 Å². The number of benzene rings is 2. The van der Waals surface area contributed by atoms with Crippen molar-refractivity contribution in [3.63, 3.8) is 0 Å². The molecule has 1 aliphatic carbocycles. The maximum atomic E-state index is 14.1. The van der Waals surface area contributed by atoms with Crippen molar-refractivity contribution in [1.29, 1.82) is 0 Å². The van der Waals surface area contributed by atoms with Crippen molar-refractivity contribution in [2.75, 3.05) is 26.5 Å². The Hall–Kier alpha value is -3.73. The number of aliphatic carboxylic acids is 1. The normalized spacial score (nSPS) is 19.7. The van der Waals surface area contributed by atoms with Crippen molar-refractivity contribution in [2.24, 2.45) is 5.92 Å². The Morgan fingerprint density at radius 3 is 2.71 bits per heavy atom. The second-order valence-corrected chi connectivity index (χ2v) is 11.3. The fourth-order valence-electron chi connectivity index (χ4n) is 4.53. The average Bonchev–Trinajstić information content (AvgIpc) is 3.29. The number of nitrogens with zero attached hydrogens (tertiary/aromatic N) is 5. The molecule has 1 fully saturated rings. The topological polar surface area (TPSA) is 155 Å². The number of anilines is 1. The first-order chi connectivity index (χ1) is 18.2. The van der Waals surface area contributed by atoms with Crippen LogP contribution in [-0.4, -0.2) is 62.1 Å². The van der Waals surface area contributed by atoms with Crippen LogP contribution in [0.2, 0.25) is 0 Å². The van der Waals surface area contributed by atoms with E-state index in [9.17, 15) is 14.5 Å². The zero-order valence-corrected chi connectivity index (χ0v) is 22.1. The molecular formula is C25H29N6O6P. The van der Waals surface area contributed by atoms with Crippen LogP contribution < -0.4 is 15.0 Å². The van der Waals surface area contributed by atoms with Crippen molar-refractivity contribution in [1.82, 2.24) is 24.2 Å². The number of carbonyl (C=O) groups is 1. The summed E-state index contributed by atoms with van der Waals surface area (Å²) in [4.78, 5) is 24.5. The minimum absolute atomic E-state index is 0.0662. The molecule has 0 aliphatic heterocycles. The number of rotatable bonds is 10. The molecule has 4 aromatic rings. The fourth-order valence-corrected chi connectivity index (χ4v) is 6.23. The third kappa shape index (κ3) is 4.78. The molecule has 5 rings (SSSR count). The van der Waals surface area contributed by atoms with E-state index in [1.165, 1.54) is 21.1 Å². The predicted molar refractivity (Wildman–Crippen MR) is 141 cm³/mol. The van der Waals surface area contributed by atoms with Crippen molar-refractivity contribution in [3.8, 4) is 11.6 Å². The summed E-state index contributed by atoms with van der Waals surface area (Å²) in [7, 11) is -1.10. The Morgan fingerprint density at radius 2 is 1.97 bits per heavy atom. The fraction of sp³-hybridized carbons (Fsp3) is 0.360. The highest BCUT2D eigenvalue weighted by Crippen LogP contribution is 2.54. The maximum Gasteiger partial charge on any atom is 0.461 e. The lowest BCUT2D eigenvalue weighted by Crippen LogP contribution is -2.36. The summed E-state index contributed by atoms with van der Waals surface area (Å²) in [6.07, 6.45) is 3.11. The summed E-state index contributed by atoms with van der Waals surface area (Å²) >= 11 is 0. The number of imidazole rings is 1. The van der Waals surface area contributed by atoms with Gasteiger partial charge in [0.15, 0.2) is 11.2 Å². The Morgan fingerprint density at radius 1 is 1.24 bits per heavy atom. The summed E-state index contributed by atoms with van der Waals surface area (Å²) in [5.74, 6) is -0.301. The van der Waals surface area contributed by atoms with Gasteiger partial charge in [-0.3, -0.25) is 9.32 Å². The maximum absolute atomic E-state index is 14.1. The number of ether oxygens (including phenoxy) is 1. The van der Waals surface area contributed by atoms with Crippen LogP contribution in [0.5, 0.6) is 11.6 Å². The highest BCUT2D eigenvalue weighted by atomic mass is 31.2. The molecule has 1 saturated carbocycles. The van der Waals surface area contributed by atoms with Gasteiger partial charge in [-0.1, -0.05) is 36.4 Å². The quantitative estimate of drug-likeness (QED) is 0.279. The van der Waals surface area contributed by atoms with Crippen LogP contribution in [-0.2, 0) is 13.9 Å². The Kier molecular flexibility index (Phi) is 6.95. The van der Waals surface area contributed by atoms with Gasteiger partial charge < -0.3 is 24.7 Å². The van der Waals surface area contributed by atoms with Gasteiger partial charge in [0, 0.05) is 11.4 Å². The second kappa shape index (κ2) is 10.2. The summed E-state index contributed by atoms with van der Waals surface area (Å²) in [5, 5.41) is 11.2. The molecule has 3 N–H and O–H groups in total. The summed E-state index contributed by atoms with van der Waals surface area (Å²) in [6, 6.07) is 11.9. The summed E-state index contributed by atoms with van der Waals surface area (Å²) < 4.78 is 34.3. The number of hydrogen-bond donors (Lipinski definition) is 2. The lowest BCUT2D eigenvalue weighted by atomic mass is 9.81. The third-order valence-corrected chi connectivity index (χ3v) is 8.97. The molecule has 13 heteroatoms. The van der Waals surface area contributed by atoms with E-state index in [1.54, 1.807) is 18.5 Å². The van der Waals surface area contributed by atoms with Gasteiger partial charge in [0.05, 0.1) is 20.0 Å². The van der Waals surface area contributed by atoms with Gasteiger partial charge in [0.1, 0.15) is 11.8 Å². The number of nitrogens with two attached hydrogens (primary N) is 1. The van der Waals surface area contributed by atoms with Gasteiger partial charge in [-0.2, -0.15) is 14.6 Å². The molecule has 2 heterocycles. The highest BCUT2D eigenvalue weighted by molar-refractivity contribution is 7.51. The number of carboxylic acid groups (broad SMARTS) is 1. The van der Waals surface area contributed by atoms with Gasteiger partial charge in [-0.25, -0.2) is 9.55 Å². The van der Waals surface area contributed by atoms with E-state index >= 15 is 0 Å². The van der Waals surface area contributed by atoms with Crippen LogP contribution in [0.15, 0.2) is 48.8 Å². The molecule has 0 spiro atoms. The van der Waals surface area contributed by atoms with Crippen molar-refractivity contribution >= 4 is 41.6 Å². The molecule has 12 nitrogen and oxygen atoms in total. The number of hydrogen-bond acceptors (Lipinski definition) is 9. The smallest absolute Gasteiger partial charge is 0.461 e. The van der Waals surface area contributed by atoms with E-state index in [2.05, 4.69) is 15.0 Å². The molecule has 1 aliphatic rings. The van der Waals surface area contributed by atoms with E-state index in [0.717, 1.165) is 15.4 Å². The molecule has 200 valence electrons. The van der Waals surface area contributed by atoms with Crippen LogP contribution in [0.25, 0.3) is 21.9 Å². The zero-order valence-electron chi connectivity index (χ0n) is 21.2. The molecule has 2 unspecified atom stereocenters. The van der Waals surface area contributed by atoms with Crippen LogP contribution >= 0.6 is 7.75 Å². The van der Waals surface area contributed by atoms with Crippen molar-refractivity contribution < 1.29 is 28.3 Å². The Balaban J connectivity index is 1.33. The molecule has 38 heavy (non-hydrogen) atoms. The molecule has 0 bridgehead atoms. The Bertz CT molecular complexity index is 1530. The standard InChI is InChI=1S/C25H29N6O6P/c1-15(24(32)33)30(2)38(34,37-20-10-6-8-17-7-4-5-9-19(17)20)36-13-16-11-18(12-16)31-14-27-21-22(31)28-25(26)29-23(21)35-3/h4-10,14-16,18H,11-13H2,1-3H3,(H,32,33)(H2,26,28,29)/t15?,16-,18+,38?. The second-order valence-electron chi connectivity index (χ2n) is 9.33. The minimum Gasteiger partial charge on any atom is -0.480 e. The molecular weight excluding hydrogens is 511 g/mol. The van der Waals surface area contributed by atoms with E-state index in [0.29, 0.717) is 35.6 Å². The summed E-state index contributed by atoms with van der Waals surface area (Å²) in [5.41, 5.74) is 6.94. The number of fused-ring (bicyclic) bond motifs is 2. The van der Waals surface area contributed by atoms with Crippen molar-refractivity contribution in [3.05, 3.63) is 48.8 Å². The van der Waals surface area contributed by atoms with Crippen LogP contribution in [0, 0.1) is 5.92 Å². The average molecular weight is 541 g/mol. The van der Waals surface area contributed by atoms with Gasteiger partial charge >= 0.3 is 13.7 Å². The minimum atomic E-state index is -4.04. The first-order valence-corrected chi connectivity index (χ1v) is 13.6. The van der Waals surface area contributed by atoms with Crippen LogP contribution in [0.4, 0.5) is 5.95 Å². The lowest BCUT2D eigenvalue weighted by Gasteiger charge is -2.37.